The molecule has 0 bridgehead atoms. The fourth-order valence-corrected chi connectivity index (χ4v) is 3.53. The van der Waals surface area contributed by atoms with Gasteiger partial charge in [0.2, 0.25) is 0 Å². The number of benzene rings is 1. The Morgan fingerprint density at radius 2 is 1.64 bits per heavy atom. The van der Waals surface area contributed by atoms with Crippen molar-refractivity contribution < 1.29 is 0 Å². The number of azo groups is 1. The van der Waals surface area contributed by atoms with Crippen LogP contribution in [0, 0.1) is 0 Å². The van der Waals surface area contributed by atoms with E-state index in [0.29, 0.717) is 11.1 Å². The summed E-state index contributed by atoms with van der Waals surface area (Å²) in [4.78, 5) is 6.51. The third-order valence-corrected chi connectivity index (χ3v) is 5.06. The summed E-state index contributed by atoms with van der Waals surface area (Å²) in [6, 6.07) is 12.1. The van der Waals surface area contributed by atoms with Crippen LogP contribution < -0.4 is 5.73 Å². The molecule has 0 amide bonds. The van der Waals surface area contributed by atoms with Crippen LogP contribution in [-0.4, -0.2) is 35.2 Å². The highest BCUT2D eigenvalue weighted by atomic mass is 35.5. The average Bonchev–Trinajstić information content (AvgIpc) is 3.09. The van der Waals surface area contributed by atoms with Crippen molar-refractivity contribution in [3.05, 3.63) is 64.9 Å². The number of piperidine rings is 1. The van der Waals surface area contributed by atoms with Crippen molar-refractivity contribution in [3.8, 4) is 0 Å². The predicted octanol–water partition coefficient (Wildman–Crippen LogP) is 3.82. The molecule has 2 aromatic rings. The van der Waals surface area contributed by atoms with Crippen LogP contribution in [0.25, 0.3) is 11.3 Å². The van der Waals surface area contributed by atoms with E-state index >= 15 is 0 Å². The lowest BCUT2D eigenvalue weighted by atomic mass is 9.96. The van der Waals surface area contributed by atoms with Crippen molar-refractivity contribution in [2.75, 3.05) is 13.1 Å². The number of hydrogen-bond acceptors (Lipinski definition) is 5. The number of likely N-dealkylation sites (tertiary alicyclic amines) is 1. The maximum absolute atomic E-state index is 6.06. The van der Waals surface area contributed by atoms with Crippen LogP contribution in [-0.2, 0) is 0 Å². The Morgan fingerprint density at radius 1 is 0.960 bits per heavy atom. The van der Waals surface area contributed by atoms with Gasteiger partial charge in [-0.3, -0.25) is 9.88 Å². The molecule has 2 N–H and O–H groups in total. The lowest BCUT2D eigenvalue weighted by molar-refractivity contribution is 0.186. The molecule has 128 valence electrons. The molecule has 25 heavy (non-hydrogen) atoms. The van der Waals surface area contributed by atoms with E-state index in [9.17, 15) is 0 Å². The Bertz CT molecular complexity index is 792. The van der Waals surface area contributed by atoms with Gasteiger partial charge in [-0.25, -0.2) is 0 Å². The van der Waals surface area contributed by atoms with Crippen molar-refractivity contribution in [2.45, 2.75) is 25.0 Å². The first-order chi connectivity index (χ1) is 12.2. The lowest BCUT2D eigenvalue weighted by Crippen LogP contribution is -2.44. The summed E-state index contributed by atoms with van der Waals surface area (Å²) < 4.78 is 0. The highest BCUT2D eigenvalue weighted by Gasteiger charge is 2.32. The summed E-state index contributed by atoms with van der Waals surface area (Å²) in [5.41, 5.74) is 10.2. The molecule has 1 saturated heterocycles. The first-order valence-electron chi connectivity index (χ1n) is 8.53. The van der Waals surface area contributed by atoms with Gasteiger partial charge < -0.3 is 5.73 Å². The van der Waals surface area contributed by atoms with Gasteiger partial charge >= 0.3 is 0 Å². The minimum absolute atomic E-state index is 0.0689. The summed E-state index contributed by atoms with van der Waals surface area (Å²) in [5.74, 6) is 0. The van der Waals surface area contributed by atoms with Crippen LogP contribution in [0.5, 0.6) is 0 Å². The summed E-state index contributed by atoms with van der Waals surface area (Å²) in [5, 5.41) is 9.86. The molecule has 1 aromatic heterocycles. The molecule has 1 fully saturated rings. The molecular formula is C19H20ClN5. The van der Waals surface area contributed by atoms with E-state index in [1.54, 1.807) is 0 Å². The van der Waals surface area contributed by atoms with Gasteiger partial charge in [0, 0.05) is 47.7 Å². The molecule has 2 aliphatic rings. The van der Waals surface area contributed by atoms with Crippen molar-refractivity contribution in [1.29, 1.82) is 0 Å². The Balaban J connectivity index is 1.75. The molecule has 0 saturated carbocycles. The minimum Gasteiger partial charge on any atom is -0.328 e. The molecule has 0 radical (unpaired) electrons. The number of aromatic nitrogens is 1. The number of nitrogens with two attached hydrogens (primary N) is 1. The monoisotopic (exact) mass is 353 g/mol. The Labute approximate surface area is 152 Å². The van der Waals surface area contributed by atoms with Gasteiger partial charge in [0.05, 0.1) is 5.70 Å². The second kappa shape index (κ2) is 7.04. The van der Waals surface area contributed by atoms with Crippen LogP contribution in [0.4, 0.5) is 0 Å². The van der Waals surface area contributed by atoms with Crippen LogP contribution in [0.15, 0.2) is 59.0 Å². The zero-order chi connectivity index (χ0) is 17.2. The minimum atomic E-state index is -0.0689. The van der Waals surface area contributed by atoms with Gasteiger partial charge in [-0.2, -0.15) is 10.2 Å². The smallest absolute Gasteiger partial charge is 0.152 e. The van der Waals surface area contributed by atoms with E-state index in [2.05, 4.69) is 20.1 Å². The molecule has 2 aliphatic heterocycles. The SMILES string of the molecule is NC1CCN(C2N=NC(c3ccc(Cl)cc3)=C2c2ccncc2)CC1. The maximum Gasteiger partial charge on any atom is 0.152 e. The first kappa shape index (κ1) is 16.4. The molecule has 1 unspecified atom stereocenters. The molecule has 1 aromatic carbocycles. The summed E-state index contributed by atoms with van der Waals surface area (Å²) in [7, 11) is 0. The van der Waals surface area contributed by atoms with E-state index in [-0.39, 0.29) is 6.17 Å². The zero-order valence-electron chi connectivity index (χ0n) is 13.8. The fraction of sp³-hybridized carbons (Fsp3) is 0.316. The quantitative estimate of drug-likeness (QED) is 0.912. The largest absolute Gasteiger partial charge is 0.328 e. The van der Waals surface area contributed by atoms with Gasteiger partial charge in [-0.15, -0.1) is 0 Å². The third kappa shape index (κ3) is 3.35. The molecule has 4 rings (SSSR count). The topological polar surface area (TPSA) is 66.9 Å². The molecule has 5 nitrogen and oxygen atoms in total. The summed E-state index contributed by atoms with van der Waals surface area (Å²) in [6.07, 6.45) is 5.53. The van der Waals surface area contributed by atoms with Crippen LogP contribution >= 0.6 is 11.6 Å². The summed E-state index contributed by atoms with van der Waals surface area (Å²) >= 11 is 6.04. The molecular weight excluding hydrogens is 334 g/mol. The van der Waals surface area contributed by atoms with E-state index < -0.39 is 0 Å². The highest BCUT2D eigenvalue weighted by molar-refractivity contribution is 6.30. The van der Waals surface area contributed by atoms with Gasteiger partial charge in [0.1, 0.15) is 0 Å². The fourth-order valence-electron chi connectivity index (χ4n) is 3.40. The number of pyridine rings is 1. The highest BCUT2D eigenvalue weighted by Crippen LogP contribution is 2.39. The molecule has 0 aliphatic carbocycles. The van der Waals surface area contributed by atoms with Crippen molar-refractivity contribution in [3.63, 3.8) is 0 Å². The van der Waals surface area contributed by atoms with E-state index in [4.69, 9.17) is 17.3 Å². The molecule has 6 heteroatoms. The van der Waals surface area contributed by atoms with E-state index in [0.717, 1.165) is 48.3 Å². The van der Waals surface area contributed by atoms with Crippen LogP contribution in [0.3, 0.4) is 0 Å². The number of nitrogens with zero attached hydrogens (tertiary/aromatic N) is 4. The zero-order valence-corrected chi connectivity index (χ0v) is 14.6. The normalized spacial score (nSPS) is 21.9. The first-order valence-corrected chi connectivity index (χ1v) is 8.91. The van der Waals surface area contributed by atoms with Gasteiger partial charge in [0.25, 0.3) is 0 Å². The lowest BCUT2D eigenvalue weighted by Gasteiger charge is -2.33. The van der Waals surface area contributed by atoms with Crippen molar-refractivity contribution in [2.24, 2.45) is 16.0 Å². The second-order valence-electron chi connectivity index (χ2n) is 6.47. The van der Waals surface area contributed by atoms with Crippen molar-refractivity contribution >= 4 is 22.9 Å². The Hall–Kier alpha value is -2.08. The Morgan fingerprint density at radius 3 is 2.32 bits per heavy atom. The van der Waals surface area contributed by atoms with Crippen molar-refractivity contribution in [1.82, 2.24) is 9.88 Å². The van der Waals surface area contributed by atoms with Gasteiger partial charge in [0.15, 0.2) is 6.17 Å². The number of halogens is 1. The average molecular weight is 354 g/mol. The van der Waals surface area contributed by atoms with Gasteiger partial charge in [-0.05, 0) is 42.7 Å². The maximum atomic E-state index is 6.06. The third-order valence-electron chi connectivity index (χ3n) is 4.81. The van der Waals surface area contributed by atoms with E-state index in [1.807, 2.05) is 48.8 Å². The molecule has 1 atom stereocenters. The number of hydrogen-bond donors (Lipinski definition) is 1. The molecule has 0 spiro atoms. The van der Waals surface area contributed by atoms with Gasteiger partial charge in [-0.1, -0.05) is 23.7 Å². The Kier molecular flexibility index (Phi) is 4.61. The summed E-state index contributed by atoms with van der Waals surface area (Å²) in [6.45, 7) is 1.88. The number of rotatable bonds is 3. The predicted molar refractivity (Wildman–Crippen MR) is 99.9 cm³/mol. The van der Waals surface area contributed by atoms with E-state index in [1.165, 1.54) is 0 Å². The standard InChI is InChI=1S/C19H20ClN5/c20-15-3-1-14(2-4-15)18-17(13-5-9-22-10-6-13)19(24-23-18)25-11-7-16(21)8-12-25/h1-6,9-10,16,19H,7-8,11-12,21H2. The van der Waals surface area contributed by atoms with Crippen LogP contribution in [0.1, 0.15) is 24.0 Å². The second-order valence-corrected chi connectivity index (χ2v) is 6.90. The van der Waals surface area contributed by atoms with Crippen LogP contribution in [0.2, 0.25) is 5.02 Å². The molecule has 3 heterocycles.